The van der Waals surface area contributed by atoms with Crippen LogP contribution in [0.2, 0.25) is 0 Å². The predicted octanol–water partition coefficient (Wildman–Crippen LogP) is 2.54. The highest BCUT2D eigenvalue weighted by atomic mass is 35.5. The molecule has 0 radical (unpaired) electrons. The molecule has 0 heterocycles. The van der Waals surface area contributed by atoms with E-state index in [1.807, 2.05) is 13.8 Å². The van der Waals surface area contributed by atoms with Gasteiger partial charge < -0.3 is 9.47 Å². The maximum absolute atomic E-state index is 11.3. The Bertz CT molecular complexity index is 190. The molecule has 3 nitrogen and oxygen atoms in total. The number of hydrogen-bond acceptors (Lipinski definition) is 3. The summed E-state index contributed by atoms with van der Waals surface area (Å²) >= 11 is 11.5. The fourth-order valence-electron chi connectivity index (χ4n) is 0.631. The van der Waals surface area contributed by atoms with Crippen LogP contribution in [0.1, 0.15) is 27.7 Å². The van der Waals surface area contributed by atoms with Crippen LogP contribution in [0.25, 0.3) is 0 Å². The van der Waals surface area contributed by atoms with Crippen molar-refractivity contribution in [1.82, 2.24) is 0 Å². The average Bonchev–Trinajstić information content (AvgIpc) is 1.99. The molecule has 14 heavy (non-hydrogen) atoms. The summed E-state index contributed by atoms with van der Waals surface area (Å²) in [4.78, 5) is 11.3. The molecule has 0 spiro atoms. The van der Waals surface area contributed by atoms with Crippen molar-refractivity contribution in [2.45, 2.75) is 44.2 Å². The number of ether oxygens (including phenoxy) is 2. The Kier molecular flexibility index (Phi) is 5.79. The monoisotopic (exact) mass is 242 g/mol. The minimum atomic E-state index is -1.62. The second kappa shape index (κ2) is 5.79. The number of hydrogen-bond donors (Lipinski definition) is 0. The fraction of sp³-hybridized carbons (Fsp3) is 0.889. The topological polar surface area (TPSA) is 35.5 Å². The highest BCUT2D eigenvalue weighted by molar-refractivity contribution is 6.57. The van der Waals surface area contributed by atoms with Crippen LogP contribution < -0.4 is 0 Å². The maximum atomic E-state index is 11.3. The van der Waals surface area contributed by atoms with E-state index in [-0.39, 0.29) is 18.8 Å². The van der Waals surface area contributed by atoms with E-state index in [1.54, 1.807) is 13.8 Å². The molecule has 0 saturated carbocycles. The Morgan fingerprint density at radius 2 is 1.71 bits per heavy atom. The lowest BCUT2D eigenvalue weighted by Crippen LogP contribution is -2.35. The van der Waals surface area contributed by atoms with Gasteiger partial charge in [-0.05, 0) is 27.7 Å². The molecular formula is C9H16Cl2O3. The number of esters is 1. The maximum Gasteiger partial charge on any atom is 0.345 e. The number of rotatable bonds is 5. The molecule has 0 aromatic rings. The minimum Gasteiger partial charge on any atom is -0.461 e. The highest BCUT2D eigenvalue weighted by Gasteiger charge is 2.36. The van der Waals surface area contributed by atoms with Gasteiger partial charge in [0.2, 0.25) is 4.33 Å². The number of alkyl halides is 2. The van der Waals surface area contributed by atoms with Crippen LogP contribution in [-0.2, 0) is 14.3 Å². The molecule has 0 unspecified atom stereocenters. The first-order valence-corrected chi connectivity index (χ1v) is 5.22. The molecule has 0 amide bonds. The number of carbonyl (C=O) groups is 1. The van der Waals surface area contributed by atoms with Crippen LogP contribution in [-0.4, -0.2) is 29.1 Å². The van der Waals surface area contributed by atoms with E-state index >= 15 is 0 Å². The SMILES string of the molecule is CC(C)OCC(Cl)(Cl)C(=O)OC(C)C. The van der Waals surface area contributed by atoms with Gasteiger partial charge in [0.15, 0.2) is 0 Å². The zero-order valence-corrected chi connectivity index (χ0v) is 10.4. The van der Waals surface area contributed by atoms with E-state index in [1.165, 1.54) is 0 Å². The predicted molar refractivity (Wildman–Crippen MR) is 56.8 cm³/mol. The Balaban J connectivity index is 4.09. The van der Waals surface area contributed by atoms with E-state index in [4.69, 9.17) is 32.7 Å². The fourth-order valence-corrected chi connectivity index (χ4v) is 0.846. The van der Waals surface area contributed by atoms with Gasteiger partial charge in [0.1, 0.15) is 0 Å². The molecule has 0 aliphatic rings. The normalized spacial score (nSPS) is 12.3. The van der Waals surface area contributed by atoms with Gasteiger partial charge in [-0.2, -0.15) is 0 Å². The summed E-state index contributed by atoms with van der Waals surface area (Å²) < 4.78 is 8.39. The molecule has 0 aromatic heterocycles. The highest BCUT2D eigenvalue weighted by Crippen LogP contribution is 2.24. The van der Waals surface area contributed by atoms with E-state index in [0.29, 0.717) is 0 Å². The third-order valence-electron chi connectivity index (χ3n) is 1.24. The standard InChI is InChI=1S/C9H16Cl2O3/c1-6(2)13-5-9(10,11)8(12)14-7(3)4/h6-7H,5H2,1-4H3. The largest absolute Gasteiger partial charge is 0.461 e. The van der Waals surface area contributed by atoms with Gasteiger partial charge >= 0.3 is 5.97 Å². The molecule has 0 bridgehead atoms. The van der Waals surface area contributed by atoms with E-state index in [0.717, 1.165) is 0 Å². The second-order valence-corrected chi connectivity index (χ2v) is 5.00. The van der Waals surface area contributed by atoms with Gasteiger partial charge in [-0.15, -0.1) is 0 Å². The van der Waals surface area contributed by atoms with E-state index < -0.39 is 10.3 Å². The first-order chi connectivity index (χ1) is 6.25. The molecule has 0 fully saturated rings. The molecule has 0 aromatic carbocycles. The summed E-state index contributed by atoms with van der Waals surface area (Å²) in [7, 11) is 0. The van der Waals surface area contributed by atoms with Crippen LogP contribution >= 0.6 is 23.2 Å². The number of carbonyl (C=O) groups excluding carboxylic acids is 1. The molecule has 5 heteroatoms. The van der Waals surface area contributed by atoms with E-state index in [9.17, 15) is 4.79 Å². The summed E-state index contributed by atoms with van der Waals surface area (Å²) in [5.74, 6) is -0.670. The van der Waals surface area contributed by atoms with E-state index in [2.05, 4.69) is 0 Å². The van der Waals surface area contributed by atoms with Crippen molar-refractivity contribution in [3.8, 4) is 0 Å². The quantitative estimate of drug-likeness (QED) is 0.549. The van der Waals surface area contributed by atoms with Gasteiger partial charge in [-0.1, -0.05) is 23.2 Å². The van der Waals surface area contributed by atoms with Crippen LogP contribution in [0.4, 0.5) is 0 Å². The molecule has 0 atom stereocenters. The number of halogens is 2. The second-order valence-electron chi connectivity index (χ2n) is 3.52. The third kappa shape index (κ3) is 5.68. The van der Waals surface area contributed by atoms with Crippen molar-refractivity contribution in [3.05, 3.63) is 0 Å². The lowest BCUT2D eigenvalue weighted by atomic mass is 10.4. The molecule has 0 N–H and O–H groups in total. The van der Waals surface area contributed by atoms with Crippen molar-refractivity contribution in [3.63, 3.8) is 0 Å². The van der Waals surface area contributed by atoms with Crippen molar-refractivity contribution < 1.29 is 14.3 Å². The van der Waals surface area contributed by atoms with Crippen LogP contribution in [0, 0.1) is 0 Å². The van der Waals surface area contributed by atoms with Crippen LogP contribution in [0.15, 0.2) is 0 Å². The van der Waals surface area contributed by atoms with Gasteiger partial charge in [0, 0.05) is 0 Å². The first-order valence-electron chi connectivity index (χ1n) is 4.46. The summed E-state index contributed by atoms with van der Waals surface area (Å²) in [5.41, 5.74) is 0. The zero-order valence-electron chi connectivity index (χ0n) is 8.84. The molecule has 0 rings (SSSR count). The lowest BCUT2D eigenvalue weighted by Gasteiger charge is -2.20. The molecular weight excluding hydrogens is 227 g/mol. The minimum absolute atomic E-state index is 0.0290. The van der Waals surface area contributed by atoms with Gasteiger partial charge in [0.25, 0.3) is 0 Å². The first kappa shape index (κ1) is 14.0. The summed E-state index contributed by atoms with van der Waals surface area (Å²) in [6.07, 6.45) is -0.267. The Morgan fingerprint density at radius 3 is 2.07 bits per heavy atom. The van der Waals surface area contributed by atoms with Crippen LogP contribution in [0.5, 0.6) is 0 Å². The zero-order chi connectivity index (χ0) is 11.4. The Hall–Kier alpha value is 0.01000. The molecule has 0 aliphatic carbocycles. The molecule has 84 valence electrons. The van der Waals surface area contributed by atoms with Gasteiger partial charge in [-0.3, -0.25) is 0 Å². The van der Waals surface area contributed by atoms with Crippen molar-refractivity contribution in [2.24, 2.45) is 0 Å². The van der Waals surface area contributed by atoms with Gasteiger partial charge in [-0.25, -0.2) is 4.79 Å². The van der Waals surface area contributed by atoms with Crippen molar-refractivity contribution in [1.29, 1.82) is 0 Å². The lowest BCUT2D eigenvalue weighted by molar-refractivity contribution is -0.149. The summed E-state index contributed by atoms with van der Waals surface area (Å²) in [6.45, 7) is 7.05. The average molecular weight is 243 g/mol. The summed E-state index contributed by atoms with van der Waals surface area (Å²) in [5, 5.41) is 0. The van der Waals surface area contributed by atoms with Crippen LogP contribution in [0.3, 0.4) is 0 Å². The van der Waals surface area contributed by atoms with Crippen molar-refractivity contribution in [2.75, 3.05) is 6.61 Å². The Morgan fingerprint density at radius 1 is 1.21 bits per heavy atom. The molecule has 0 aliphatic heterocycles. The van der Waals surface area contributed by atoms with Gasteiger partial charge in [0.05, 0.1) is 18.8 Å². The Labute approximate surface area is 94.7 Å². The molecule has 0 saturated heterocycles. The summed E-state index contributed by atoms with van der Waals surface area (Å²) in [6, 6.07) is 0. The third-order valence-corrected chi connectivity index (χ3v) is 1.77. The van der Waals surface area contributed by atoms with Crippen molar-refractivity contribution >= 4 is 29.2 Å². The smallest absolute Gasteiger partial charge is 0.345 e.